The molecule has 7 nitrogen and oxygen atoms in total. The molecule has 4 rings (SSSR count). The van der Waals surface area contributed by atoms with Crippen LogP contribution in [0.25, 0.3) is 0 Å². The predicted octanol–water partition coefficient (Wildman–Crippen LogP) is 4.44. The molecule has 0 saturated heterocycles. The zero-order valence-corrected chi connectivity index (χ0v) is 18.8. The van der Waals surface area contributed by atoms with Crippen molar-refractivity contribution in [2.45, 2.75) is 15.5 Å². The molecule has 0 bridgehead atoms. The van der Waals surface area contributed by atoms with E-state index in [1.807, 2.05) is 17.5 Å². The summed E-state index contributed by atoms with van der Waals surface area (Å²) in [5, 5.41) is 4.77. The van der Waals surface area contributed by atoms with Gasteiger partial charge in [0.15, 0.2) is 11.5 Å². The lowest BCUT2D eigenvalue weighted by molar-refractivity contribution is -0.113. The van der Waals surface area contributed by atoms with Crippen molar-refractivity contribution in [3.05, 3.63) is 60.0 Å². The summed E-state index contributed by atoms with van der Waals surface area (Å²) in [6.07, 6.45) is 0.741. The van der Waals surface area contributed by atoms with Crippen LogP contribution in [0, 0.1) is 0 Å². The van der Waals surface area contributed by atoms with Gasteiger partial charge in [-0.15, -0.1) is 23.1 Å². The van der Waals surface area contributed by atoms with Gasteiger partial charge in [0.1, 0.15) is 0 Å². The zero-order valence-electron chi connectivity index (χ0n) is 16.4. The molecule has 0 atom stereocenters. The molecule has 0 radical (unpaired) electrons. The normalized spacial score (nSPS) is 13.3. The molecule has 0 aliphatic carbocycles. The third kappa shape index (κ3) is 5.72. The molecule has 1 aliphatic heterocycles. The van der Waals surface area contributed by atoms with Gasteiger partial charge >= 0.3 is 0 Å². The number of rotatable bonds is 7. The van der Waals surface area contributed by atoms with Crippen LogP contribution in [0.1, 0.15) is 6.42 Å². The van der Waals surface area contributed by atoms with Crippen LogP contribution < -0.4 is 19.5 Å². The SMILES string of the molecule is O=C(CSc1cccs1)Nc1ccc(NS(=O)(=O)c2ccc3c(c2)OCCCO3)cc1. The second kappa shape index (κ2) is 9.63. The third-order valence-electron chi connectivity index (χ3n) is 4.29. The number of sulfonamides is 1. The van der Waals surface area contributed by atoms with Crippen LogP contribution >= 0.6 is 23.1 Å². The quantitative estimate of drug-likeness (QED) is 0.490. The number of anilines is 2. The molecule has 162 valence electrons. The Hall–Kier alpha value is -2.69. The van der Waals surface area contributed by atoms with Crippen molar-refractivity contribution in [3.63, 3.8) is 0 Å². The second-order valence-electron chi connectivity index (χ2n) is 6.61. The molecule has 1 aliphatic rings. The van der Waals surface area contributed by atoms with Crippen molar-refractivity contribution in [2.75, 3.05) is 29.0 Å². The Morgan fingerprint density at radius 1 is 1.00 bits per heavy atom. The lowest BCUT2D eigenvalue weighted by Gasteiger charge is -2.12. The number of thiophene rings is 1. The van der Waals surface area contributed by atoms with Crippen molar-refractivity contribution >= 4 is 50.4 Å². The molecule has 2 heterocycles. The summed E-state index contributed by atoms with van der Waals surface area (Å²) in [5.41, 5.74) is 0.980. The van der Waals surface area contributed by atoms with Crippen LogP contribution in [0.5, 0.6) is 11.5 Å². The fourth-order valence-corrected chi connectivity index (χ4v) is 5.48. The van der Waals surface area contributed by atoms with Gasteiger partial charge in [0.05, 0.1) is 28.1 Å². The fourth-order valence-electron chi connectivity index (χ4n) is 2.83. The van der Waals surface area contributed by atoms with E-state index >= 15 is 0 Å². The van der Waals surface area contributed by atoms with Crippen LogP contribution in [0.4, 0.5) is 11.4 Å². The van der Waals surface area contributed by atoms with Gasteiger partial charge in [-0.25, -0.2) is 8.42 Å². The summed E-state index contributed by atoms with van der Waals surface area (Å²) in [6, 6.07) is 15.0. The minimum atomic E-state index is -3.80. The molecule has 0 saturated carbocycles. The van der Waals surface area contributed by atoms with Crippen molar-refractivity contribution in [1.82, 2.24) is 0 Å². The lowest BCUT2D eigenvalue weighted by atomic mass is 10.3. The van der Waals surface area contributed by atoms with Crippen LogP contribution in [0.2, 0.25) is 0 Å². The Balaban J connectivity index is 1.37. The van der Waals surface area contributed by atoms with E-state index in [-0.39, 0.29) is 10.8 Å². The molecule has 2 aromatic carbocycles. The Morgan fingerprint density at radius 2 is 1.74 bits per heavy atom. The highest BCUT2D eigenvalue weighted by atomic mass is 32.2. The maximum Gasteiger partial charge on any atom is 0.262 e. The molecule has 0 unspecified atom stereocenters. The highest BCUT2D eigenvalue weighted by molar-refractivity contribution is 8.01. The molecule has 10 heteroatoms. The number of hydrogen-bond acceptors (Lipinski definition) is 7. The van der Waals surface area contributed by atoms with E-state index in [4.69, 9.17) is 9.47 Å². The van der Waals surface area contributed by atoms with Crippen molar-refractivity contribution in [1.29, 1.82) is 0 Å². The van der Waals surface area contributed by atoms with Gasteiger partial charge < -0.3 is 14.8 Å². The molecule has 1 amide bonds. The average Bonchev–Trinajstić information content (AvgIpc) is 3.17. The van der Waals surface area contributed by atoms with E-state index in [0.717, 1.165) is 10.6 Å². The van der Waals surface area contributed by atoms with Crippen molar-refractivity contribution in [3.8, 4) is 11.5 Å². The summed E-state index contributed by atoms with van der Waals surface area (Å²) < 4.78 is 40.2. The summed E-state index contributed by atoms with van der Waals surface area (Å²) in [7, 11) is -3.80. The number of hydrogen-bond donors (Lipinski definition) is 2. The van der Waals surface area contributed by atoms with E-state index in [9.17, 15) is 13.2 Å². The van der Waals surface area contributed by atoms with E-state index in [1.165, 1.54) is 23.9 Å². The summed E-state index contributed by atoms with van der Waals surface area (Å²) >= 11 is 3.06. The largest absolute Gasteiger partial charge is 0.490 e. The first kappa shape index (κ1) is 21.5. The molecule has 2 N–H and O–H groups in total. The van der Waals surface area contributed by atoms with Gasteiger partial charge in [0.25, 0.3) is 10.0 Å². The summed E-state index contributed by atoms with van der Waals surface area (Å²) in [6.45, 7) is 1.01. The van der Waals surface area contributed by atoms with Gasteiger partial charge in [-0.05, 0) is 47.8 Å². The standard InChI is InChI=1S/C21H20N2O5S3/c24-20(14-30-21-3-1-12-29-21)22-15-4-6-16(7-5-15)23-31(25,26)17-8-9-18-19(13-17)28-11-2-10-27-18/h1,3-9,12-13,23H,2,10-11,14H2,(H,22,24). The predicted molar refractivity (Wildman–Crippen MR) is 123 cm³/mol. The monoisotopic (exact) mass is 476 g/mol. The number of amides is 1. The van der Waals surface area contributed by atoms with Gasteiger partial charge in [0.2, 0.25) is 5.91 Å². The maximum absolute atomic E-state index is 12.8. The van der Waals surface area contributed by atoms with Crippen molar-refractivity contribution < 1.29 is 22.7 Å². The first-order valence-corrected chi connectivity index (χ1v) is 12.8. The van der Waals surface area contributed by atoms with Crippen molar-refractivity contribution in [2.24, 2.45) is 0 Å². The molecule has 0 spiro atoms. The van der Waals surface area contributed by atoms with E-state index in [0.29, 0.717) is 41.8 Å². The number of benzene rings is 2. The number of fused-ring (bicyclic) bond motifs is 1. The van der Waals surface area contributed by atoms with Gasteiger partial charge in [0, 0.05) is 23.9 Å². The van der Waals surface area contributed by atoms with E-state index in [2.05, 4.69) is 10.0 Å². The Labute approximate surface area is 188 Å². The Bertz CT molecular complexity index is 1150. The smallest absolute Gasteiger partial charge is 0.262 e. The van der Waals surface area contributed by atoms with Gasteiger partial charge in [-0.1, -0.05) is 6.07 Å². The number of ether oxygens (including phenoxy) is 2. The van der Waals surface area contributed by atoms with Crippen LogP contribution in [-0.4, -0.2) is 33.3 Å². The summed E-state index contributed by atoms with van der Waals surface area (Å²) in [5.74, 6) is 1.13. The maximum atomic E-state index is 12.8. The van der Waals surface area contributed by atoms with E-state index in [1.54, 1.807) is 41.7 Å². The highest BCUT2D eigenvalue weighted by Gasteiger charge is 2.19. The first-order chi connectivity index (χ1) is 15.0. The molecular weight excluding hydrogens is 456 g/mol. The topological polar surface area (TPSA) is 93.7 Å². The summed E-state index contributed by atoms with van der Waals surface area (Å²) in [4.78, 5) is 12.2. The molecule has 1 aromatic heterocycles. The number of carbonyl (C=O) groups is 1. The molecule has 31 heavy (non-hydrogen) atoms. The Kier molecular flexibility index (Phi) is 6.69. The molecular formula is C21H20N2O5S3. The Morgan fingerprint density at radius 3 is 2.48 bits per heavy atom. The first-order valence-electron chi connectivity index (χ1n) is 9.48. The van der Waals surface area contributed by atoms with Gasteiger partial charge in [-0.3, -0.25) is 9.52 Å². The number of carbonyl (C=O) groups excluding carboxylic acids is 1. The minimum absolute atomic E-state index is 0.0831. The highest BCUT2D eigenvalue weighted by Crippen LogP contribution is 2.32. The van der Waals surface area contributed by atoms with Crippen LogP contribution in [0.15, 0.2) is 69.1 Å². The van der Waals surface area contributed by atoms with Gasteiger partial charge in [-0.2, -0.15) is 0 Å². The molecule has 3 aromatic rings. The van der Waals surface area contributed by atoms with E-state index < -0.39 is 10.0 Å². The third-order valence-corrected chi connectivity index (χ3v) is 7.80. The number of nitrogens with one attached hydrogen (secondary N) is 2. The second-order valence-corrected chi connectivity index (χ2v) is 10.5. The zero-order chi connectivity index (χ0) is 21.7. The van der Waals surface area contributed by atoms with Crippen LogP contribution in [0.3, 0.4) is 0 Å². The fraction of sp³-hybridized carbons (Fsp3) is 0.190. The lowest BCUT2D eigenvalue weighted by Crippen LogP contribution is -2.15. The van der Waals surface area contributed by atoms with Crippen LogP contribution in [-0.2, 0) is 14.8 Å². The molecule has 0 fully saturated rings. The minimum Gasteiger partial charge on any atom is -0.490 e. The number of thioether (sulfide) groups is 1. The average molecular weight is 477 g/mol.